The molecule has 154 valence electrons. The van der Waals surface area contributed by atoms with Gasteiger partial charge in [-0.1, -0.05) is 24.3 Å². The van der Waals surface area contributed by atoms with Crippen molar-refractivity contribution in [1.82, 2.24) is 0 Å². The fraction of sp³-hybridized carbons (Fsp3) is 0.176. The van der Waals surface area contributed by atoms with Gasteiger partial charge in [0.2, 0.25) is 0 Å². The van der Waals surface area contributed by atoms with Gasteiger partial charge in [0.25, 0.3) is 15.2 Å². The lowest BCUT2D eigenvalue weighted by Crippen LogP contribution is -2.14. The van der Waals surface area contributed by atoms with Gasteiger partial charge < -0.3 is 14.3 Å². The zero-order chi connectivity index (χ0) is 21.6. The Hall–Kier alpha value is -3.51. The fourth-order valence-electron chi connectivity index (χ4n) is 2.29. The van der Waals surface area contributed by atoms with Crippen molar-refractivity contribution in [3.05, 3.63) is 63.7 Å². The van der Waals surface area contributed by atoms with E-state index in [2.05, 4.69) is 4.84 Å². The van der Waals surface area contributed by atoms with Crippen molar-refractivity contribution >= 4 is 22.1 Å². The number of nitrogens with zero attached hydrogens (tertiary/aromatic N) is 1. The van der Waals surface area contributed by atoms with E-state index in [1.54, 1.807) is 18.2 Å². The molecule has 2 rings (SSSR count). The number of carbonyl (C=O) groups is 2. The Kier molecular flexibility index (Phi) is 6.85. The van der Waals surface area contributed by atoms with Crippen LogP contribution in [0.3, 0.4) is 0 Å². The molecule has 0 saturated heterocycles. The third kappa shape index (κ3) is 6.86. The quantitative estimate of drug-likeness (QED) is 0.217. The van der Waals surface area contributed by atoms with Crippen LogP contribution in [-0.4, -0.2) is 30.0 Å². The molecular formula is C17H15NO10S. The summed E-state index contributed by atoms with van der Waals surface area (Å²) in [5.41, 5.74) is 0.876. The highest BCUT2D eigenvalue weighted by Gasteiger charge is 2.21. The van der Waals surface area contributed by atoms with E-state index in [-0.39, 0.29) is 18.8 Å². The summed E-state index contributed by atoms with van der Waals surface area (Å²) in [4.78, 5) is 36.9. The first kappa shape index (κ1) is 21.8. The molecule has 1 N–H and O–H groups in total. The summed E-state index contributed by atoms with van der Waals surface area (Å²) < 4.78 is 42.2. The second kappa shape index (κ2) is 9.12. The molecule has 0 aliphatic rings. The van der Waals surface area contributed by atoms with Crippen molar-refractivity contribution < 1.29 is 42.0 Å². The number of rotatable bonds is 8. The maximum Gasteiger partial charge on any atom is 0.315 e. The SMILES string of the molecule is CC(=O)Oc1ccc(OC(=O)Cc2cccc(CO[N+](=O)[O-])c2)c(S(=O)(=O)O)c1. The van der Waals surface area contributed by atoms with Gasteiger partial charge in [-0.3, -0.25) is 14.1 Å². The smallest absolute Gasteiger partial charge is 0.315 e. The van der Waals surface area contributed by atoms with Crippen molar-refractivity contribution in [2.75, 3.05) is 0 Å². The van der Waals surface area contributed by atoms with E-state index < -0.39 is 37.8 Å². The number of ether oxygens (including phenoxy) is 2. The molecule has 29 heavy (non-hydrogen) atoms. The highest BCUT2D eigenvalue weighted by Crippen LogP contribution is 2.29. The lowest BCUT2D eigenvalue weighted by Gasteiger charge is -2.10. The zero-order valence-corrected chi connectivity index (χ0v) is 15.7. The van der Waals surface area contributed by atoms with E-state index in [1.807, 2.05) is 0 Å². The van der Waals surface area contributed by atoms with Crippen LogP contribution >= 0.6 is 0 Å². The molecule has 0 aliphatic carbocycles. The van der Waals surface area contributed by atoms with Gasteiger partial charge in [0.15, 0.2) is 5.75 Å². The van der Waals surface area contributed by atoms with Gasteiger partial charge in [-0.25, -0.2) is 0 Å². The van der Waals surface area contributed by atoms with Crippen LogP contribution in [0.4, 0.5) is 0 Å². The molecule has 0 fully saturated rings. The topological polar surface area (TPSA) is 159 Å². The summed E-state index contributed by atoms with van der Waals surface area (Å²) >= 11 is 0. The van der Waals surface area contributed by atoms with E-state index in [0.717, 1.165) is 19.1 Å². The predicted octanol–water partition coefficient (Wildman–Crippen LogP) is 1.72. The molecule has 0 aliphatic heterocycles. The van der Waals surface area contributed by atoms with Crippen molar-refractivity contribution in [3.8, 4) is 11.5 Å². The highest BCUT2D eigenvalue weighted by molar-refractivity contribution is 7.86. The van der Waals surface area contributed by atoms with Crippen molar-refractivity contribution in [2.24, 2.45) is 0 Å². The first-order valence-corrected chi connectivity index (χ1v) is 9.34. The van der Waals surface area contributed by atoms with Gasteiger partial charge in [0.1, 0.15) is 17.3 Å². The average Bonchev–Trinajstić information content (AvgIpc) is 2.60. The third-order valence-corrected chi connectivity index (χ3v) is 4.23. The number of hydrogen-bond acceptors (Lipinski definition) is 9. The van der Waals surface area contributed by atoms with Gasteiger partial charge in [-0.05, 0) is 23.3 Å². The molecular weight excluding hydrogens is 410 g/mol. The molecule has 0 unspecified atom stereocenters. The molecule has 11 nitrogen and oxygen atoms in total. The fourth-order valence-corrected chi connectivity index (χ4v) is 2.91. The number of esters is 2. The Bertz CT molecular complexity index is 1050. The lowest BCUT2D eigenvalue weighted by molar-refractivity contribution is -0.763. The van der Waals surface area contributed by atoms with Crippen LogP contribution in [0.5, 0.6) is 11.5 Å². The summed E-state index contributed by atoms with van der Waals surface area (Å²) in [6, 6.07) is 9.24. The average molecular weight is 425 g/mol. The molecule has 0 saturated carbocycles. The Balaban J connectivity index is 2.17. The van der Waals surface area contributed by atoms with Gasteiger partial charge in [0.05, 0.1) is 6.42 Å². The molecule has 0 spiro atoms. The number of carbonyl (C=O) groups excluding carboxylic acids is 2. The summed E-state index contributed by atoms with van der Waals surface area (Å²) in [6.07, 6.45) is -0.289. The van der Waals surface area contributed by atoms with Gasteiger partial charge >= 0.3 is 11.9 Å². The van der Waals surface area contributed by atoms with Crippen LogP contribution in [0.15, 0.2) is 47.4 Å². The van der Waals surface area contributed by atoms with Crippen LogP contribution in [0.2, 0.25) is 0 Å². The molecule has 2 aromatic carbocycles. The minimum atomic E-state index is -4.78. The van der Waals surface area contributed by atoms with Crippen molar-refractivity contribution in [3.63, 3.8) is 0 Å². The minimum Gasteiger partial charge on any atom is -0.427 e. The lowest BCUT2D eigenvalue weighted by atomic mass is 10.1. The second-order valence-electron chi connectivity index (χ2n) is 5.65. The first-order valence-electron chi connectivity index (χ1n) is 7.90. The van der Waals surface area contributed by atoms with Gasteiger partial charge in [-0.2, -0.15) is 8.42 Å². The first-order chi connectivity index (χ1) is 13.5. The summed E-state index contributed by atoms with van der Waals surface area (Å²) in [7, 11) is -4.78. The third-order valence-electron chi connectivity index (χ3n) is 3.35. The molecule has 12 heteroatoms. The summed E-state index contributed by atoms with van der Waals surface area (Å²) in [5.74, 6) is -2.19. The largest absolute Gasteiger partial charge is 0.427 e. The van der Waals surface area contributed by atoms with Crippen molar-refractivity contribution in [2.45, 2.75) is 24.8 Å². The number of benzene rings is 2. The molecule has 0 heterocycles. The van der Waals surface area contributed by atoms with Crippen LogP contribution in [-0.2, 0) is 37.6 Å². The van der Waals surface area contributed by atoms with E-state index in [4.69, 9.17) is 9.47 Å². The Morgan fingerprint density at radius 3 is 2.41 bits per heavy atom. The summed E-state index contributed by atoms with van der Waals surface area (Å²) in [6.45, 7) is 0.798. The minimum absolute atomic E-state index is 0.164. The summed E-state index contributed by atoms with van der Waals surface area (Å²) in [5, 5.41) is 9.30. The Morgan fingerprint density at radius 1 is 1.10 bits per heavy atom. The normalized spacial score (nSPS) is 10.8. The molecule has 0 atom stereocenters. The van der Waals surface area contributed by atoms with Crippen molar-refractivity contribution in [1.29, 1.82) is 0 Å². The van der Waals surface area contributed by atoms with Gasteiger partial charge in [0, 0.05) is 13.0 Å². The molecule has 0 amide bonds. The highest BCUT2D eigenvalue weighted by atomic mass is 32.2. The van der Waals surface area contributed by atoms with E-state index in [1.165, 1.54) is 12.1 Å². The zero-order valence-electron chi connectivity index (χ0n) is 14.9. The van der Waals surface area contributed by atoms with E-state index in [9.17, 15) is 32.7 Å². The number of hydrogen-bond donors (Lipinski definition) is 1. The predicted molar refractivity (Wildman–Crippen MR) is 95.1 cm³/mol. The van der Waals surface area contributed by atoms with Crippen LogP contribution < -0.4 is 9.47 Å². The van der Waals surface area contributed by atoms with Crippen LogP contribution in [0, 0.1) is 10.1 Å². The Labute approximate surface area is 164 Å². The molecule has 0 aromatic heterocycles. The Morgan fingerprint density at radius 2 is 1.79 bits per heavy atom. The van der Waals surface area contributed by atoms with E-state index in [0.29, 0.717) is 11.1 Å². The standard InChI is InChI=1S/C17H15NO10S/c1-11(19)27-14-5-6-15(16(9-14)29(23,24)25)28-17(20)8-12-3-2-4-13(7-12)10-26-18(21)22/h2-7,9H,8,10H2,1H3,(H,23,24,25). The van der Waals surface area contributed by atoms with Gasteiger partial charge in [-0.15, -0.1) is 10.1 Å². The molecule has 0 bridgehead atoms. The molecule has 0 radical (unpaired) electrons. The maximum absolute atomic E-state index is 12.2. The van der Waals surface area contributed by atoms with Crippen LogP contribution in [0.25, 0.3) is 0 Å². The second-order valence-corrected chi connectivity index (χ2v) is 7.04. The molecule has 2 aromatic rings. The maximum atomic E-state index is 12.2. The van der Waals surface area contributed by atoms with E-state index >= 15 is 0 Å². The van der Waals surface area contributed by atoms with Crippen LogP contribution in [0.1, 0.15) is 18.1 Å². The monoisotopic (exact) mass is 425 g/mol.